The van der Waals surface area contributed by atoms with Crippen LogP contribution in [0.5, 0.6) is 0 Å². The summed E-state index contributed by atoms with van der Waals surface area (Å²) in [6, 6.07) is 10.0. The van der Waals surface area contributed by atoms with Crippen LogP contribution in [-0.4, -0.2) is 12.1 Å². The van der Waals surface area contributed by atoms with Gasteiger partial charge in [-0.2, -0.15) is 18.2 Å². The van der Waals surface area contributed by atoms with Gasteiger partial charge in [0.25, 0.3) is 0 Å². The van der Waals surface area contributed by atoms with Crippen LogP contribution in [0.1, 0.15) is 20.8 Å². The standard InChI is InChI=1S/C5H9O2.C5H5.CH3.Ti/c1-5(2,3)7-4-6;1-2-4-5-3-1;;/h1-3H3;1-5H;1H3;/q3*-1;+3. The minimum Gasteiger partial charge on any atom is -0.649 e. The van der Waals surface area contributed by atoms with Crippen LogP contribution in [0.15, 0.2) is 30.3 Å². The molecule has 0 spiro atoms. The molecule has 1 aromatic rings. The Bertz CT molecular complexity index is 170. The Morgan fingerprint density at radius 2 is 1.64 bits per heavy atom. The van der Waals surface area contributed by atoms with Crippen molar-refractivity contribution in [2.75, 3.05) is 0 Å². The van der Waals surface area contributed by atoms with Crippen LogP contribution in [0.3, 0.4) is 0 Å². The molecule has 3 heteroatoms. The predicted octanol–water partition coefficient (Wildman–Crippen LogP) is 2.72. The summed E-state index contributed by atoms with van der Waals surface area (Å²) < 4.78 is 4.42. The summed E-state index contributed by atoms with van der Waals surface area (Å²) >= 11 is 0. The average molecular weight is 229 g/mol. The third-order valence-electron chi connectivity index (χ3n) is 0.903. The minimum atomic E-state index is -0.373. The quantitative estimate of drug-likeness (QED) is 0.546. The predicted molar refractivity (Wildman–Crippen MR) is 55.0 cm³/mol. The van der Waals surface area contributed by atoms with Crippen LogP contribution in [0.4, 0.5) is 0 Å². The molecule has 1 aromatic carbocycles. The van der Waals surface area contributed by atoms with Crippen LogP contribution in [0, 0.1) is 7.43 Å². The van der Waals surface area contributed by atoms with Crippen molar-refractivity contribution in [1.82, 2.24) is 0 Å². The topological polar surface area (TPSA) is 26.3 Å². The van der Waals surface area contributed by atoms with E-state index in [0.717, 1.165) is 0 Å². The molecule has 0 aliphatic carbocycles. The van der Waals surface area contributed by atoms with E-state index in [1.807, 2.05) is 30.3 Å². The second-order valence-electron chi connectivity index (χ2n) is 3.26. The molecular formula is C11H17O2Ti. The smallest absolute Gasteiger partial charge is 0.649 e. The Balaban J connectivity index is -0.000000155. The van der Waals surface area contributed by atoms with Crippen molar-refractivity contribution in [3.63, 3.8) is 0 Å². The maximum absolute atomic E-state index is 9.47. The molecule has 0 aliphatic heterocycles. The molecule has 0 aromatic heterocycles. The molecule has 14 heavy (non-hydrogen) atoms. The number of carbonyl (C=O) groups excluding carboxylic acids is 1. The van der Waals surface area contributed by atoms with Gasteiger partial charge >= 0.3 is 21.7 Å². The van der Waals surface area contributed by atoms with Crippen molar-refractivity contribution in [2.24, 2.45) is 0 Å². The largest absolute Gasteiger partial charge is 3.00 e. The first-order valence-electron chi connectivity index (χ1n) is 3.78. The van der Waals surface area contributed by atoms with E-state index in [9.17, 15) is 4.79 Å². The van der Waals surface area contributed by atoms with Gasteiger partial charge in [0, 0.05) is 0 Å². The zero-order valence-electron chi connectivity index (χ0n) is 9.20. The van der Waals surface area contributed by atoms with Crippen LogP contribution >= 0.6 is 0 Å². The Kier molecular flexibility index (Phi) is 14.5. The first-order chi connectivity index (χ1) is 5.56. The van der Waals surface area contributed by atoms with Gasteiger partial charge in [0.1, 0.15) is 0 Å². The molecule has 0 fully saturated rings. The molecule has 0 N–H and O–H groups in total. The molecule has 77 valence electrons. The number of hydrogen-bond acceptors (Lipinski definition) is 2. The molecule has 0 bridgehead atoms. The van der Waals surface area contributed by atoms with Gasteiger partial charge in [-0.25, -0.2) is 12.1 Å². The van der Waals surface area contributed by atoms with E-state index in [2.05, 4.69) is 4.74 Å². The van der Waals surface area contributed by atoms with Gasteiger partial charge in [-0.1, -0.05) is 6.47 Å². The summed E-state index contributed by atoms with van der Waals surface area (Å²) in [6.45, 7) is 6.73. The van der Waals surface area contributed by atoms with Gasteiger partial charge in [-0.15, -0.1) is 0 Å². The second kappa shape index (κ2) is 10.6. The molecule has 0 amide bonds. The SMILES string of the molecule is CC(C)(C)O[C-]=O.[CH3-].[Ti+3].c1cc[cH-]c1. The Hall–Kier alpha value is -0.466. The molecular weight excluding hydrogens is 212 g/mol. The van der Waals surface area contributed by atoms with Crippen molar-refractivity contribution in [3.05, 3.63) is 37.8 Å². The molecule has 1 rings (SSSR count). The molecule has 0 atom stereocenters. The maximum Gasteiger partial charge on any atom is 3.00 e. The molecule has 0 saturated carbocycles. The van der Waals surface area contributed by atoms with Crippen molar-refractivity contribution in [3.8, 4) is 0 Å². The summed E-state index contributed by atoms with van der Waals surface area (Å²) in [5.74, 6) is 0. The van der Waals surface area contributed by atoms with Gasteiger partial charge < -0.3 is 17.0 Å². The first kappa shape index (κ1) is 19.2. The summed E-state index contributed by atoms with van der Waals surface area (Å²) in [5.41, 5.74) is -0.373. The molecule has 0 aliphatic rings. The van der Waals surface area contributed by atoms with Crippen molar-refractivity contribution in [1.29, 1.82) is 0 Å². The van der Waals surface area contributed by atoms with E-state index in [4.69, 9.17) is 0 Å². The Morgan fingerprint density at radius 3 is 1.71 bits per heavy atom. The molecule has 0 heterocycles. The van der Waals surface area contributed by atoms with Crippen molar-refractivity contribution >= 4 is 6.47 Å². The Labute approximate surface area is 102 Å². The monoisotopic (exact) mass is 229 g/mol. The van der Waals surface area contributed by atoms with Crippen molar-refractivity contribution < 1.29 is 31.2 Å². The number of ether oxygens (including phenoxy) is 1. The minimum absolute atomic E-state index is 0. The van der Waals surface area contributed by atoms with E-state index >= 15 is 0 Å². The maximum atomic E-state index is 9.47. The first-order valence-corrected chi connectivity index (χ1v) is 3.78. The van der Waals surface area contributed by atoms with Gasteiger partial charge in [0.05, 0.1) is 5.60 Å². The fourth-order valence-corrected chi connectivity index (χ4v) is 0.446. The van der Waals surface area contributed by atoms with E-state index in [1.54, 1.807) is 20.8 Å². The number of hydrogen-bond donors (Lipinski definition) is 0. The zero-order valence-corrected chi connectivity index (χ0v) is 10.8. The third kappa shape index (κ3) is 17.6. The second-order valence-corrected chi connectivity index (χ2v) is 3.26. The zero-order chi connectivity index (χ0) is 9.45. The van der Waals surface area contributed by atoms with Gasteiger partial charge in [-0.3, -0.25) is 0 Å². The van der Waals surface area contributed by atoms with E-state index in [1.165, 1.54) is 6.47 Å². The summed E-state index contributed by atoms with van der Waals surface area (Å²) in [6.07, 6.45) is 0. The Morgan fingerprint density at radius 1 is 1.21 bits per heavy atom. The van der Waals surface area contributed by atoms with Gasteiger partial charge in [0.15, 0.2) is 0 Å². The summed E-state index contributed by atoms with van der Waals surface area (Å²) in [4.78, 5) is 9.47. The van der Waals surface area contributed by atoms with E-state index < -0.39 is 0 Å². The third-order valence-corrected chi connectivity index (χ3v) is 0.903. The van der Waals surface area contributed by atoms with Gasteiger partial charge in [0.2, 0.25) is 0 Å². The van der Waals surface area contributed by atoms with Crippen LogP contribution in [0.25, 0.3) is 0 Å². The fraction of sp³-hybridized carbons (Fsp3) is 0.364. The van der Waals surface area contributed by atoms with Crippen LogP contribution in [-0.2, 0) is 31.2 Å². The summed E-state index contributed by atoms with van der Waals surface area (Å²) in [5, 5.41) is 0. The molecule has 1 radical (unpaired) electrons. The summed E-state index contributed by atoms with van der Waals surface area (Å²) in [7, 11) is 0. The molecule has 0 unspecified atom stereocenters. The normalized spacial score (nSPS) is 8.21. The average Bonchev–Trinajstić information content (AvgIpc) is 2.38. The molecule has 2 nitrogen and oxygen atoms in total. The van der Waals surface area contributed by atoms with E-state index in [-0.39, 0.29) is 34.7 Å². The van der Waals surface area contributed by atoms with Gasteiger partial charge in [-0.05, 0) is 20.8 Å². The van der Waals surface area contributed by atoms with Crippen molar-refractivity contribution in [2.45, 2.75) is 26.4 Å². The fourth-order valence-electron chi connectivity index (χ4n) is 0.446. The van der Waals surface area contributed by atoms with Crippen LogP contribution in [0.2, 0.25) is 0 Å². The van der Waals surface area contributed by atoms with Crippen LogP contribution < -0.4 is 0 Å². The number of rotatable bonds is 1. The van der Waals surface area contributed by atoms with E-state index in [0.29, 0.717) is 0 Å². The molecule has 0 saturated heterocycles.